The van der Waals surface area contributed by atoms with E-state index in [1.807, 2.05) is 18.2 Å². The Bertz CT molecular complexity index is 494. The molecule has 1 N–H and O–H groups in total. The van der Waals surface area contributed by atoms with Gasteiger partial charge in [0.1, 0.15) is 0 Å². The molecule has 0 aliphatic carbocycles. The van der Waals surface area contributed by atoms with Crippen molar-refractivity contribution in [2.75, 3.05) is 5.32 Å². The second-order valence-corrected chi connectivity index (χ2v) is 5.11. The van der Waals surface area contributed by atoms with E-state index < -0.39 is 5.95 Å². The summed E-state index contributed by atoms with van der Waals surface area (Å²) >= 11 is 0. The van der Waals surface area contributed by atoms with E-state index in [2.05, 4.69) is 36.3 Å². The number of aromatic nitrogens is 1. The van der Waals surface area contributed by atoms with Crippen molar-refractivity contribution >= 4 is 5.69 Å². The molecule has 0 saturated heterocycles. The monoisotopic (exact) mass is 258 g/mol. The maximum Gasteiger partial charge on any atom is 0.212 e. The number of anilines is 1. The summed E-state index contributed by atoms with van der Waals surface area (Å²) in [7, 11) is 0. The summed E-state index contributed by atoms with van der Waals surface area (Å²) in [5.74, 6) is 0.122. The summed E-state index contributed by atoms with van der Waals surface area (Å²) in [6.45, 7) is 4.39. The Kier molecular flexibility index (Phi) is 4.50. The Hall–Kier alpha value is -1.90. The standard InChI is InChI=1S/C16H19FN2/c1-12(2)10-15(13-6-4-3-5-7-13)19-14-8-9-16(17)18-11-14/h3-9,11-12,15,19H,10H2,1-2H3. The highest BCUT2D eigenvalue weighted by Crippen LogP contribution is 2.25. The van der Waals surface area contributed by atoms with Crippen LogP contribution in [0.4, 0.5) is 10.1 Å². The van der Waals surface area contributed by atoms with Gasteiger partial charge in [-0.15, -0.1) is 0 Å². The fraction of sp³-hybridized carbons (Fsp3) is 0.312. The summed E-state index contributed by atoms with van der Waals surface area (Å²) in [5.41, 5.74) is 2.08. The lowest BCUT2D eigenvalue weighted by Crippen LogP contribution is -2.13. The molecule has 0 spiro atoms. The van der Waals surface area contributed by atoms with Crippen LogP contribution in [0.2, 0.25) is 0 Å². The van der Waals surface area contributed by atoms with E-state index in [1.165, 1.54) is 17.8 Å². The van der Waals surface area contributed by atoms with Crippen molar-refractivity contribution in [1.82, 2.24) is 4.98 Å². The molecule has 0 aliphatic rings. The number of hydrogen-bond donors (Lipinski definition) is 1. The minimum absolute atomic E-state index is 0.216. The molecule has 2 rings (SSSR count). The molecular weight excluding hydrogens is 239 g/mol. The molecule has 1 atom stereocenters. The van der Waals surface area contributed by atoms with Gasteiger partial charge in [-0.1, -0.05) is 44.2 Å². The van der Waals surface area contributed by atoms with Crippen molar-refractivity contribution in [3.05, 3.63) is 60.2 Å². The summed E-state index contributed by atoms with van der Waals surface area (Å²) in [5, 5.41) is 3.42. The molecule has 0 bridgehead atoms. The highest BCUT2D eigenvalue weighted by atomic mass is 19.1. The fourth-order valence-electron chi connectivity index (χ4n) is 2.10. The van der Waals surface area contributed by atoms with Crippen molar-refractivity contribution in [2.24, 2.45) is 5.92 Å². The smallest absolute Gasteiger partial charge is 0.212 e. The van der Waals surface area contributed by atoms with Crippen LogP contribution in [0, 0.1) is 11.9 Å². The van der Waals surface area contributed by atoms with Crippen LogP contribution < -0.4 is 5.32 Å². The lowest BCUT2D eigenvalue weighted by molar-refractivity contribution is 0.530. The Morgan fingerprint density at radius 1 is 1.11 bits per heavy atom. The largest absolute Gasteiger partial charge is 0.377 e. The zero-order valence-electron chi connectivity index (χ0n) is 11.3. The first-order valence-corrected chi connectivity index (χ1v) is 6.58. The number of halogens is 1. The molecular formula is C16H19FN2. The molecule has 0 radical (unpaired) electrons. The molecule has 0 aliphatic heterocycles. The van der Waals surface area contributed by atoms with Crippen LogP contribution in [0.15, 0.2) is 48.7 Å². The van der Waals surface area contributed by atoms with Gasteiger partial charge in [0.2, 0.25) is 5.95 Å². The summed E-state index contributed by atoms with van der Waals surface area (Å²) < 4.78 is 12.8. The van der Waals surface area contributed by atoms with Gasteiger partial charge in [-0.25, -0.2) is 4.98 Å². The van der Waals surface area contributed by atoms with E-state index in [9.17, 15) is 4.39 Å². The first-order chi connectivity index (χ1) is 9.15. The van der Waals surface area contributed by atoms with Crippen molar-refractivity contribution in [1.29, 1.82) is 0 Å². The average Bonchev–Trinajstić information content (AvgIpc) is 2.41. The summed E-state index contributed by atoms with van der Waals surface area (Å²) in [6.07, 6.45) is 2.55. The molecule has 2 nitrogen and oxygen atoms in total. The van der Waals surface area contributed by atoms with Gasteiger partial charge in [-0.05, 0) is 30.0 Å². The van der Waals surface area contributed by atoms with E-state index in [-0.39, 0.29) is 6.04 Å². The third kappa shape index (κ3) is 4.05. The SMILES string of the molecule is CC(C)CC(Nc1ccc(F)nc1)c1ccccc1. The van der Waals surface area contributed by atoms with Gasteiger partial charge in [0.25, 0.3) is 0 Å². The van der Waals surface area contributed by atoms with Crippen molar-refractivity contribution in [3.63, 3.8) is 0 Å². The summed E-state index contributed by atoms with van der Waals surface area (Å²) in [4.78, 5) is 3.68. The van der Waals surface area contributed by atoms with E-state index in [0.29, 0.717) is 5.92 Å². The topological polar surface area (TPSA) is 24.9 Å². The molecule has 0 fully saturated rings. The third-order valence-corrected chi connectivity index (χ3v) is 2.98. The second-order valence-electron chi connectivity index (χ2n) is 5.11. The first kappa shape index (κ1) is 13.5. The number of benzene rings is 1. The number of nitrogens with one attached hydrogen (secondary N) is 1. The number of nitrogens with zero attached hydrogens (tertiary/aromatic N) is 1. The normalized spacial score (nSPS) is 12.4. The predicted molar refractivity (Wildman–Crippen MR) is 76.5 cm³/mol. The molecule has 1 aromatic carbocycles. The highest BCUT2D eigenvalue weighted by Gasteiger charge is 2.13. The maximum atomic E-state index is 12.8. The molecule has 1 heterocycles. The van der Waals surface area contributed by atoms with Crippen LogP contribution in [0.25, 0.3) is 0 Å². The lowest BCUT2D eigenvalue weighted by atomic mass is 9.97. The molecule has 3 heteroatoms. The van der Waals surface area contributed by atoms with Crippen molar-refractivity contribution in [3.8, 4) is 0 Å². The van der Waals surface area contributed by atoms with Crippen LogP contribution in [0.5, 0.6) is 0 Å². The second kappa shape index (κ2) is 6.32. The van der Waals surface area contributed by atoms with E-state index in [1.54, 1.807) is 6.07 Å². The average molecular weight is 258 g/mol. The van der Waals surface area contributed by atoms with Crippen LogP contribution in [-0.2, 0) is 0 Å². The lowest BCUT2D eigenvalue weighted by Gasteiger charge is -2.22. The molecule has 0 saturated carbocycles. The minimum Gasteiger partial charge on any atom is -0.377 e. The number of rotatable bonds is 5. The van der Waals surface area contributed by atoms with Gasteiger partial charge < -0.3 is 5.32 Å². The minimum atomic E-state index is -0.453. The molecule has 100 valence electrons. The Morgan fingerprint density at radius 3 is 2.42 bits per heavy atom. The van der Waals surface area contributed by atoms with Crippen molar-refractivity contribution in [2.45, 2.75) is 26.3 Å². The molecule has 19 heavy (non-hydrogen) atoms. The number of pyridine rings is 1. The fourth-order valence-corrected chi connectivity index (χ4v) is 2.10. The van der Waals surface area contributed by atoms with Crippen LogP contribution in [-0.4, -0.2) is 4.98 Å². The first-order valence-electron chi connectivity index (χ1n) is 6.58. The van der Waals surface area contributed by atoms with Crippen LogP contribution in [0.1, 0.15) is 31.9 Å². The molecule has 2 aromatic rings. The van der Waals surface area contributed by atoms with Gasteiger partial charge in [0.05, 0.1) is 17.9 Å². The third-order valence-electron chi connectivity index (χ3n) is 2.98. The predicted octanol–water partition coefficient (Wildman–Crippen LogP) is 4.42. The zero-order chi connectivity index (χ0) is 13.7. The van der Waals surface area contributed by atoms with Gasteiger partial charge in [-0.3, -0.25) is 0 Å². The number of hydrogen-bond acceptors (Lipinski definition) is 2. The quantitative estimate of drug-likeness (QED) is 0.803. The maximum absolute atomic E-state index is 12.8. The van der Waals surface area contributed by atoms with E-state index in [0.717, 1.165) is 12.1 Å². The van der Waals surface area contributed by atoms with Crippen LogP contribution >= 0.6 is 0 Å². The Balaban J connectivity index is 2.16. The van der Waals surface area contributed by atoms with E-state index in [4.69, 9.17) is 0 Å². The Labute approximate surface area is 113 Å². The summed E-state index contributed by atoms with van der Waals surface area (Å²) in [6, 6.07) is 13.6. The van der Waals surface area contributed by atoms with Gasteiger partial charge in [0.15, 0.2) is 0 Å². The zero-order valence-corrected chi connectivity index (χ0v) is 11.3. The van der Waals surface area contributed by atoms with E-state index >= 15 is 0 Å². The highest BCUT2D eigenvalue weighted by molar-refractivity contribution is 5.43. The molecule has 1 unspecified atom stereocenters. The van der Waals surface area contributed by atoms with Gasteiger partial charge in [0, 0.05) is 0 Å². The Morgan fingerprint density at radius 2 is 1.84 bits per heavy atom. The van der Waals surface area contributed by atoms with Crippen molar-refractivity contribution < 1.29 is 4.39 Å². The molecule has 0 amide bonds. The van der Waals surface area contributed by atoms with Gasteiger partial charge in [-0.2, -0.15) is 4.39 Å². The van der Waals surface area contributed by atoms with Crippen LogP contribution in [0.3, 0.4) is 0 Å². The molecule has 1 aromatic heterocycles. The van der Waals surface area contributed by atoms with Gasteiger partial charge >= 0.3 is 0 Å².